The van der Waals surface area contributed by atoms with Crippen LogP contribution in [0.4, 0.5) is 5.69 Å². The SMILES string of the molecule is CNc1cc(CN2CCCCC2)ccc1O. The molecular weight excluding hydrogens is 200 g/mol. The molecule has 3 heteroatoms. The highest BCUT2D eigenvalue weighted by Crippen LogP contribution is 2.24. The van der Waals surface area contributed by atoms with Crippen molar-refractivity contribution < 1.29 is 5.11 Å². The number of benzene rings is 1. The zero-order chi connectivity index (χ0) is 11.4. The van der Waals surface area contributed by atoms with E-state index in [9.17, 15) is 5.11 Å². The zero-order valence-corrected chi connectivity index (χ0v) is 9.87. The number of rotatable bonds is 3. The highest BCUT2D eigenvalue weighted by Gasteiger charge is 2.11. The number of aromatic hydroxyl groups is 1. The first-order valence-electron chi connectivity index (χ1n) is 6.01. The zero-order valence-electron chi connectivity index (χ0n) is 9.87. The summed E-state index contributed by atoms with van der Waals surface area (Å²) in [6, 6.07) is 5.81. The second-order valence-electron chi connectivity index (χ2n) is 4.44. The van der Waals surface area contributed by atoms with Crippen molar-refractivity contribution in [2.24, 2.45) is 0 Å². The molecule has 0 unspecified atom stereocenters. The molecule has 2 N–H and O–H groups in total. The Morgan fingerprint density at radius 1 is 1.25 bits per heavy atom. The Balaban J connectivity index is 2.03. The number of nitrogens with one attached hydrogen (secondary N) is 1. The maximum Gasteiger partial charge on any atom is 0.138 e. The molecule has 1 aliphatic rings. The van der Waals surface area contributed by atoms with E-state index < -0.39 is 0 Å². The lowest BCUT2D eigenvalue weighted by molar-refractivity contribution is 0.221. The largest absolute Gasteiger partial charge is 0.506 e. The molecule has 88 valence electrons. The molecule has 1 aliphatic heterocycles. The van der Waals surface area contributed by atoms with Gasteiger partial charge in [-0.15, -0.1) is 0 Å². The van der Waals surface area contributed by atoms with Crippen molar-refractivity contribution in [2.75, 3.05) is 25.5 Å². The molecular formula is C13H20N2O. The van der Waals surface area contributed by atoms with Gasteiger partial charge >= 0.3 is 0 Å². The van der Waals surface area contributed by atoms with Crippen molar-refractivity contribution in [3.63, 3.8) is 0 Å². The van der Waals surface area contributed by atoms with Crippen LogP contribution in [0.5, 0.6) is 5.75 Å². The molecule has 1 heterocycles. The molecule has 16 heavy (non-hydrogen) atoms. The number of hydrogen-bond donors (Lipinski definition) is 2. The summed E-state index contributed by atoms with van der Waals surface area (Å²) in [5.74, 6) is 0.324. The van der Waals surface area contributed by atoms with E-state index in [4.69, 9.17) is 0 Å². The third-order valence-electron chi connectivity index (χ3n) is 3.19. The normalized spacial score (nSPS) is 17.3. The summed E-state index contributed by atoms with van der Waals surface area (Å²) in [7, 11) is 1.83. The van der Waals surface area contributed by atoms with E-state index in [-0.39, 0.29) is 0 Å². The van der Waals surface area contributed by atoms with Gasteiger partial charge < -0.3 is 10.4 Å². The summed E-state index contributed by atoms with van der Waals surface area (Å²) >= 11 is 0. The third-order valence-corrected chi connectivity index (χ3v) is 3.19. The topological polar surface area (TPSA) is 35.5 Å². The number of nitrogens with zero attached hydrogens (tertiary/aromatic N) is 1. The second-order valence-corrected chi connectivity index (χ2v) is 4.44. The van der Waals surface area contributed by atoms with Crippen molar-refractivity contribution in [3.8, 4) is 5.75 Å². The molecule has 1 fully saturated rings. The van der Waals surface area contributed by atoms with Crippen molar-refractivity contribution >= 4 is 5.69 Å². The van der Waals surface area contributed by atoms with Gasteiger partial charge in [0.1, 0.15) is 5.75 Å². The summed E-state index contributed by atoms with van der Waals surface area (Å²) < 4.78 is 0. The molecule has 0 aliphatic carbocycles. The molecule has 2 rings (SSSR count). The maximum absolute atomic E-state index is 9.56. The van der Waals surface area contributed by atoms with Crippen LogP contribution in [0, 0.1) is 0 Å². The number of phenols is 1. The maximum atomic E-state index is 9.56. The third kappa shape index (κ3) is 2.67. The van der Waals surface area contributed by atoms with E-state index in [1.54, 1.807) is 6.07 Å². The molecule has 1 aromatic rings. The fourth-order valence-electron chi connectivity index (χ4n) is 2.26. The van der Waals surface area contributed by atoms with Crippen LogP contribution < -0.4 is 5.32 Å². The standard InChI is InChI=1S/C13H20N2O/c1-14-12-9-11(5-6-13(12)16)10-15-7-3-2-4-8-15/h5-6,9,14,16H,2-4,7-8,10H2,1H3. The van der Waals surface area contributed by atoms with Crippen LogP contribution in [-0.2, 0) is 6.54 Å². The van der Waals surface area contributed by atoms with Crippen LogP contribution in [0.1, 0.15) is 24.8 Å². The first-order valence-corrected chi connectivity index (χ1v) is 6.01. The van der Waals surface area contributed by atoms with Crippen molar-refractivity contribution in [1.29, 1.82) is 0 Å². The lowest BCUT2D eigenvalue weighted by Gasteiger charge is -2.26. The average Bonchev–Trinajstić information content (AvgIpc) is 2.33. The van der Waals surface area contributed by atoms with E-state index >= 15 is 0 Å². The minimum Gasteiger partial charge on any atom is -0.506 e. The van der Waals surface area contributed by atoms with Crippen molar-refractivity contribution in [2.45, 2.75) is 25.8 Å². The average molecular weight is 220 g/mol. The van der Waals surface area contributed by atoms with Gasteiger partial charge in [0.2, 0.25) is 0 Å². The van der Waals surface area contributed by atoms with E-state index in [2.05, 4.69) is 10.2 Å². The number of piperidine rings is 1. The van der Waals surface area contributed by atoms with E-state index in [0.717, 1.165) is 12.2 Å². The highest BCUT2D eigenvalue weighted by atomic mass is 16.3. The summed E-state index contributed by atoms with van der Waals surface area (Å²) in [5.41, 5.74) is 2.08. The van der Waals surface area contributed by atoms with E-state index in [1.165, 1.54) is 37.9 Å². The smallest absolute Gasteiger partial charge is 0.138 e. The van der Waals surface area contributed by atoms with Gasteiger partial charge in [-0.1, -0.05) is 12.5 Å². The van der Waals surface area contributed by atoms with Crippen LogP contribution in [0.15, 0.2) is 18.2 Å². The molecule has 1 aromatic carbocycles. The minimum absolute atomic E-state index is 0.324. The Labute approximate surface area is 97.1 Å². The Hall–Kier alpha value is -1.22. The number of phenolic OH excluding ortho intramolecular Hbond substituents is 1. The van der Waals surface area contributed by atoms with Crippen LogP contribution in [0.2, 0.25) is 0 Å². The summed E-state index contributed by atoms with van der Waals surface area (Å²) in [4.78, 5) is 2.48. The monoisotopic (exact) mass is 220 g/mol. The Morgan fingerprint density at radius 2 is 2.00 bits per heavy atom. The quantitative estimate of drug-likeness (QED) is 0.768. The van der Waals surface area contributed by atoms with Gasteiger partial charge in [0.25, 0.3) is 0 Å². The Kier molecular flexibility index (Phi) is 3.67. The molecule has 1 saturated heterocycles. The predicted molar refractivity (Wildman–Crippen MR) is 66.8 cm³/mol. The summed E-state index contributed by atoms with van der Waals surface area (Å²) in [6.07, 6.45) is 4.00. The number of likely N-dealkylation sites (tertiary alicyclic amines) is 1. The molecule has 0 radical (unpaired) electrons. The number of anilines is 1. The molecule has 0 saturated carbocycles. The van der Waals surface area contributed by atoms with Crippen LogP contribution in [0.25, 0.3) is 0 Å². The van der Waals surface area contributed by atoms with Gasteiger partial charge in [-0.05, 0) is 43.6 Å². The van der Waals surface area contributed by atoms with Gasteiger partial charge in [0, 0.05) is 13.6 Å². The lowest BCUT2D eigenvalue weighted by atomic mass is 10.1. The van der Waals surface area contributed by atoms with Crippen molar-refractivity contribution in [1.82, 2.24) is 4.90 Å². The molecule has 0 amide bonds. The first-order chi connectivity index (χ1) is 7.79. The van der Waals surface area contributed by atoms with Gasteiger partial charge in [0.05, 0.1) is 5.69 Å². The van der Waals surface area contributed by atoms with E-state index in [1.807, 2.05) is 19.2 Å². The van der Waals surface area contributed by atoms with Gasteiger partial charge in [-0.25, -0.2) is 0 Å². The predicted octanol–water partition coefficient (Wildman–Crippen LogP) is 2.42. The van der Waals surface area contributed by atoms with Crippen molar-refractivity contribution in [3.05, 3.63) is 23.8 Å². The Morgan fingerprint density at radius 3 is 2.69 bits per heavy atom. The van der Waals surface area contributed by atoms with Crippen LogP contribution in [0.3, 0.4) is 0 Å². The summed E-state index contributed by atoms with van der Waals surface area (Å²) in [5, 5.41) is 12.6. The fourth-order valence-corrected chi connectivity index (χ4v) is 2.26. The molecule has 0 atom stereocenters. The molecule has 0 aromatic heterocycles. The molecule has 0 bridgehead atoms. The molecule has 0 spiro atoms. The van der Waals surface area contributed by atoms with Crippen LogP contribution in [-0.4, -0.2) is 30.1 Å². The molecule has 3 nitrogen and oxygen atoms in total. The fraction of sp³-hybridized carbons (Fsp3) is 0.538. The van der Waals surface area contributed by atoms with E-state index in [0.29, 0.717) is 5.75 Å². The number of hydrogen-bond acceptors (Lipinski definition) is 3. The van der Waals surface area contributed by atoms with Crippen LogP contribution >= 0.6 is 0 Å². The van der Waals surface area contributed by atoms with Gasteiger partial charge in [-0.3, -0.25) is 4.90 Å². The minimum atomic E-state index is 0.324. The Bertz CT molecular complexity index is 346. The summed E-state index contributed by atoms with van der Waals surface area (Å²) in [6.45, 7) is 3.40. The lowest BCUT2D eigenvalue weighted by Crippen LogP contribution is -2.29. The van der Waals surface area contributed by atoms with Gasteiger partial charge in [0.15, 0.2) is 0 Å². The first kappa shape index (κ1) is 11.3. The van der Waals surface area contributed by atoms with Gasteiger partial charge in [-0.2, -0.15) is 0 Å². The highest BCUT2D eigenvalue weighted by molar-refractivity contribution is 5.56. The second kappa shape index (κ2) is 5.21.